The third-order valence-electron chi connectivity index (χ3n) is 3.32. The van der Waals surface area contributed by atoms with Crippen LogP contribution in [0, 0.1) is 6.92 Å². The van der Waals surface area contributed by atoms with E-state index in [4.69, 9.17) is 4.52 Å². The van der Waals surface area contributed by atoms with E-state index in [-0.39, 0.29) is 11.8 Å². The molecule has 0 bridgehead atoms. The van der Waals surface area contributed by atoms with Crippen molar-refractivity contribution in [3.8, 4) is 11.4 Å². The molecule has 1 N–H and O–H groups in total. The van der Waals surface area contributed by atoms with Crippen LogP contribution in [0.4, 0.5) is 0 Å². The van der Waals surface area contributed by atoms with Crippen molar-refractivity contribution < 1.29 is 9.32 Å². The van der Waals surface area contributed by atoms with E-state index in [1.165, 1.54) is 0 Å². The SMILES string of the molecule is Cc1ccc(-c2noc(C(=O)NCCc3ccccn3)n2)cc1. The minimum Gasteiger partial charge on any atom is -0.347 e. The Morgan fingerprint density at radius 3 is 2.74 bits per heavy atom. The van der Waals surface area contributed by atoms with Crippen molar-refractivity contribution in [2.24, 2.45) is 0 Å². The molecule has 0 atom stereocenters. The number of nitrogens with one attached hydrogen (secondary N) is 1. The molecule has 6 heteroatoms. The molecule has 0 unspecified atom stereocenters. The summed E-state index contributed by atoms with van der Waals surface area (Å²) in [5.74, 6) is -0.0201. The van der Waals surface area contributed by atoms with E-state index in [9.17, 15) is 4.79 Å². The molecule has 0 spiro atoms. The van der Waals surface area contributed by atoms with Crippen LogP contribution in [0.5, 0.6) is 0 Å². The maximum absolute atomic E-state index is 12.0. The molecule has 3 rings (SSSR count). The van der Waals surface area contributed by atoms with Gasteiger partial charge in [0.25, 0.3) is 0 Å². The van der Waals surface area contributed by atoms with Crippen LogP contribution in [0.15, 0.2) is 53.2 Å². The lowest BCUT2D eigenvalue weighted by Gasteiger charge is -2.01. The summed E-state index contributed by atoms with van der Waals surface area (Å²) in [5.41, 5.74) is 2.87. The van der Waals surface area contributed by atoms with Crippen molar-refractivity contribution in [2.75, 3.05) is 6.54 Å². The van der Waals surface area contributed by atoms with Gasteiger partial charge in [0.1, 0.15) is 0 Å². The molecule has 116 valence electrons. The fourth-order valence-electron chi connectivity index (χ4n) is 2.06. The second-order valence-corrected chi connectivity index (χ2v) is 5.12. The molecule has 2 aromatic heterocycles. The fraction of sp³-hybridized carbons (Fsp3) is 0.176. The highest BCUT2D eigenvalue weighted by Gasteiger charge is 2.15. The summed E-state index contributed by atoms with van der Waals surface area (Å²) in [4.78, 5) is 20.3. The topological polar surface area (TPSA) is 80.9 Å². The smallest absolute Gasteiger partial charge is 0.316 e. The molecular weight excluding hydrogens is 292 g/mol. The first-order valence-corrected chi connectivity index (χ1v) is 7.31. The van der Waals surface area contributed by atoms with Gasteiger partial charge in [-0.05, 0) is 19.1 Å². The lowest BCUT2D eigenvalue weighted by Crippen LogP contribution is -2.26. The van der Waals surface area contributed by atoms with E-state index in [0.29, 0.717) is 18.8 Å². The van der Waals surface area contributed by atoms with Gasteiger partial charge in [-0.2, -0.15) is 4.98 Å². The van der Waals surface area contributed by atoms with E-state index in [0.717, 1.165) is 16.8 Å². The molecular formula is C17H16N4O2. The van der Waals surface area contributed by atoms with Crippen LogP contribution >= 0.6 is 0 Å². The first kappa shape index (κ1) is 14.9. The quantitative estimate of drug-likeness (QED) is 0.783. The molecule has 1 aromatic carbocycles. The Morgan fingerprint density at radius 2 is 2.00 bits per heavy atom. The molecule has 0 fully saturated rings. The van der Waals surface area contributed by atoms with Crippen LogP contribution in [-0.4, -0.2) is 27.6 Å². The number of amides is 1. The average Bonchev–Trinajstić information content (AvgIpc) is 3.06. The summed E-state index contributed by atoms with van der Waals surface area (Å²) in [6.07, 6.45) is 2.37. The molecule has 0 saturated heterocycles. The summed E-state index contributed by atoms with van der Waals surface area (Å²) < 4.78 is 5.03. The van der Waals surface area contributed by atoms with Crippen LogP contribution in [0.3, 0.4) is 0 Å². The van der Waals surface area contributed by atoms with Crippen molar-refractivity contribution in [3.63, 3.8) is 0 Å². The van der Waals surface area contributed by atoms with Crippen molar-refractivity contribution >= 4 is 5.91 Å². The standard InChI is InChI=1S/C17H16N4O2/c1-12-5-7-13(8-6-12)15-20-17(23-21-15)16(22)19-11-9-14-4-2-3-10-18-14/h2-8,10H,9,11H2,1H3,(H,19,22). The van der Waals surface area contributed by atoms with E-state index >= 15 is 0 Å². The van der Waals surface area contributed by atoms with E-state index in [1.54, 1.807) is 6.20 Å². The summed E-state index contributed by atoms with van der Waals surface area (Å²) >= 11 is 0. The first-order chi connectivity index (χ1) is 11.2. The zero-order valence-corrected chi connectivity index (χ0v) is 12.7. The van der Waals surface area contributed by atoms with Gasteiger partial charge in [0, 0.05) is 30.4 Å². The van der Waals surface area contributed by atoms with Crippen LogP contribution in [0.2, 0.25) is 0 Å². The van der Waals surface area contributed by atoms with Gasteiger partial charge in [-0.1, -0.05) is 41.1 Å². The van der Waals surface area contributed by atoms with Gasteiger partial charge in [-0.25, -0.2) is 0 Å². The van der Waals surface area contributed by atoms with Gasteiger partial charge >= 0.3 is 11.8 Å². The minimum absolute atomic E-state index is 0.0402. The van der Waals surface area contributed by atoms with Gasteiger partial charge in [-0.15, -0.1) is 0 Å². The molecule has 1 amide bonds. The molecule has 0 saturated carbocycles. The monoisotopic (exact) mass is 308 g/mol. The Morgan fingerprint density at radius 1 is 1.17 bits per heavy atom. The van der Waals surface area contributed by atoms with Gasteiger partial charge in [-0.3, -0.25) is 9.78 Å². The molecule has 23 heavy (non-hydrogen) atoms. The Hall–Kier alpha value is -3.02. The maximum Gasteiger partial charge on any atom is 0.316 e. The number of carbonyl (C=O) groups excluding carboxylic acids is 1. The zero-order chi connectivity index (χ0) is 16.1. The molecule has 3 aromatic rings. The number of hydrogen-bond donors (Lipinski definition) is 1. The summed E-state index contributed by atoms with van der Waals surface area (Å²) in [7, 11) is 0. The highest BCUT2D eigenvalue weighted by Crippen LogP contribution is 2.16. The number of benzene rings is 1. The van der Waals surface area contributed by atoms with Gasteiger partial charge in [0.05, 0.1) is 0 Å². The third-order valence-corrected chi connectivity index (χ3v) is 3.32. The summed E-state index contributed by atoms with van der Waals surface area (Å²) in [6.45, 7) is 2.46. The second-order valence-electron chi connectivity index (χ2n) is 5.12. The Balaban J connectivity index is 1.59. The Bertz CT molecular complexity index is 782. The molecule has 0 aliphatic heterocycles. The molecule has 2 heterocycles. The van der Waals surface area contributed by atoms with Crippen molar-refractivity contribution in [1.29, 1.82) is 0 Å². The lowest BCUT2D eigenvalue weighted by atomic mass is 10.1. The van der Waals surface area contributed by atoms with E-state index in [2.05, 4.69) is 20.4 Å². The summed E-state index contributed by atoms with van der Waals surface area (Å²) in [5, 5.41) is 6.59. The van der Waals surface area contributed by atoms with Gasteiger partial charge < -0.3 is 9.84 Å². The zero-order valence-electron chi connectivity index (χ0n) is 12.7. The lowest BCUT2D eigenvalue weighted by molar-refractivity contribution is 0.0910. The van der Waals surface area contributed by atoms with E-state index in [1.807, 2.05) is 49.4 Å². The first-order valence-electron chi connectivity index (χ1n) is 7.31. The van der Waals surface area contributed by atoms with Gasteiger partial charge in [0.15, 0.2) is 0 Å². The van der Waals surface area contributed by atoms with Crippen molar-refractivity contribution in [1.82, 2.24) is 20.4 Å². The number of nitrogens with zero attached hydrogens (tertiary/aromatic N) is 3. The third kappa shape index (κ3) is 3.79. The fourth-order valence-corrected chi connectivity index (χ4v) is 2.06. The Kier molecular flexibility index (Phi) is 4.42. The maximum atomic E-state index is 12.0. The predicted molar refractivity (Wildman–Crippen MR) is 84.7 cm³/mol. The number of hydrogen-bond acceptors (Lipinski definition) is 5. The van der Waals surface area contributed by atoms with Crippen molar-refractivity contribution in [2.45, 2.75) is 13.3 Å². The number of aromatic nitrogens is 3. The van der Waals surface area contributed by atoms with Gasteiger partial charge in [0.2, 0.25) is 5.82 Å². The van der Waals surface area contributed by atoms with Crippen LogP contribution < -0.4 is 5.32 Å². The largest absolute Gasteiger partial charge is 0.347 e. The molecule has 0 aliphatic carbocycles. The second kappa shape index (κ2) is 6.83. The number of rotatable bonds is 5. The number of carbonyl (C=O) groups is 1. The highest BCUT2D eigenvalue weighted by atomic mass is 16.5. The minimum atomic E-state index is -0.383. The molecule has 0 radical (unpaired) electrons. The van der Waals surface area contributed by atoms with Crippen molar-refractivity contribution in [3.05, 3.63) is 65.8 Å². The summed E-state index contributed by atoms with van der Waals surface area (Å²) in [6, 6.07) is 13.4. The highest BCUT2D eigenvalue weighted by molar-refractivity contribution is 5.89. The molecule has 6 nitrogen and oxygen atoms in total. The normalized spacial score (nSPS) is 10.5. The number of pyridine rings is 1. The van der Waals surface area contributed by atoms with Crippen LogP contribution in [-0.2, 0) is 6.42 Å². The van der Waals surface area contributed by atoms with E-state index < -0.39 is 0 Å². The van der Waals surface area contributed by atoms with Crippen LogP contribution in [0.25, 0.3) is 11.4 Å². The average molecular weight is 308 g/mol. The van der Waals surface area contributed by atoms with Crippen LogP contribution in [0.1, 0.15) is 21.9 Å². The number of aryl methyl sites for hydroxylation is 1. The Labute approximate surface area is 133 Å². The predicted octanol–water partition coefficient (Wildman–Crippen LogP) is 2.41. The molecule has 0 aliphatic rings.